The van der Waals surface area contributed by atoms with Crippen molar-refractivity contribution < 1.29 is 27.4 Å². The molecule has 2 atom stereocenters. The Morgan fingerprint density at radius 3 is 2.61 bits per heavy atom. The number of likely N-dealkylation sites (tertiary alicyclic amines) is 1. The first-order valence-electron chi connectivity index (χ1n) is 12.4. The van der Waals surface area contributed by atoms with Gasteiger partial charge in [-0.1, -0.05) is 42.5 Å². The minimum Gasteiger partial charge on any atom is -0.491 e. The number of carbonyl (C=O) groups excluding carboxylic acids is 1. The molecule has 2 heterocycles. The summed E-state index contributed by atoms with van der Waals surface area (Å²) in [5.74, 6) is 1.39. The largest absolute Gasteiger partial charge is 0.491 e. The van der Waals surface area contributed by atoms with Gasteiger partial charge in [-0.2, -0.15) is 0 Å². The Morgan fingerprint density at radius 2 is 1.89 bits per heavy atom. The first kappa shape index (κ1) is 26.1. The highest BCUT2D eigenvalue weighted by Crippen LogP contribution is 2.44. The summed E-state index contributed by atoms with van der Waals surface area (Å²) >= 11 is 0. The van der Waals surface area contributed by atoms with Gasteiger partial charge in [0.1, 0.15) is 27.6 Å². The molecule has 194 valence electrons. The average molecular weight is 514 g/mol. The second-order valence-electron chi connectivity index (χ2n) is 10.1. The molecule has 0 aromatic heterocycles. The molecule has 1 fully saturated rings. The van der Waals surface area contributed by atoms with Gasteiger partial charge in [-0.25, -0.2) is 8.42 Å². The van der Waals surface area contributed by atoms with Crippen LogP contribution < -0.4 is 4.74 Å². The zero-order valence-electron chi connectivity index (χ0n) is 21.2. The molecule has 8 heteroatoms. The second kappa shape index (κ2) is 10.9. The van der Waals surface area contributed by atoms with Gasteiger partial charge in [0.15, 0.2) is 0 Å². The van der Waals surface area contributed by atoms with E-state index in [4.69, 9.17) is 14.2 Å². The minimum absolute atomic E-state index is 0.00159. The van der Waals surface area contributed by atoms with Crippen LogP contribution >= 0.6 is 0 Å². The summed E-state index contributed by atoms with van der Waals surface area (Å²) < 4.78 is 41.9. The molecule has 1 amide bonds. The lowest BCUT2D eigenvalue weighted by molar-refractivity contribution is -0.129. The summed E-state index contributed by atoms with van der Waals surface area (Å²) in [6, 6.07) is 17.5. The monoisotopic (exact) mass is 513 g/mol. The predicted molar refractivity (Wildman–Crippen MR) is 138 cm³/mol. The van der Waals surface area contributed by atoms with Crippen molar-refractivity contribution in [1.82, 2.24) is 4.90 Å². The van der Waals surface area contributed by atoms with E-state index < -0.39 is 21.5 Å². The Hall–Kier alpha value is -3.00. The van der Waals surface area contributed by atoms with Crippen molar-refractivity contribution in [3.63, 3.8) is 0 Å². The van der Waals surface area contributed by atoms with Gasteiger partial charge in [0.25, 0.3) is 0 Å². The average Bonchev–Trinajstić information content (AvgIpc) is 3.46. The first-order chi connectivity index (χ1) is 17.1. The second-order valence-corrected chi connectivity index (χ2v) is 12.3. The third-order valence-corrected chi connectivity index (χ3v) is 7.58. The van der Waals surface area contributed by atoms with Crippen molar-refractivity contribution in [2.75, 3.05) is 25.1 Å². The summed E-state index contributed by atoms with van der Waals surface area (Å²) in [6.07, 6.45) is 4.28. The Bertz CT molecular complexity index is 1190. The molecular weight excluding hydrogens is 478 g/mol. The topological polar surface area (TPSA) is 82.1 Å². The van der Waals surface area contributed by atoms with E-state index in [9.17, 15) is 13.2 Å². The fourth-order valence-electron chi connectivity index (χ4n) is 4.76. The Labute approximate surface area is 214 Å². The van der Waals surface area contributed by atoms with Gasteiger partial charge in [0.05, 0.1) is 23.7 Å². The van der Waals surface area contributed by atoms with E-state index >= 15 is 0 Å². The summed E-state index contributed by atoms with van der Waals surface area (Å²) in [6.45, 7) is 4.86. The Morgan fingerprint density at radius 1 is 1.14 bits per heavy atom. The molecule has 2 unspecified atom stereocenters. The summed E-state index contributed by atoms with van der Waals surface area (Å²) in [4.78, 5) is 15.0. The molecule has 7 nitrogen and oxygen atoms in total. The Balaban J connectivity index is 1.45. The highest BCUT2D eigenvalue weighted by molar-refractivity contribution is 7.90. The molecule has 2 aliphatic rings. The van der Waals surface area contributed by atoms with Crippen molar-refractivity contribution in [3.8, 4) is 5.75 Å². The smallest absolute Gasteiger partial charge is 0.244 e. The van der Waals surface area contributed by atoms with Gasteiger partial charge in [0, 0.05) is 25.8 Å². The molecule has 2 aliphatic heterocycles. The molecule has 0 spiro atoms. The molecule has 4 rings (SSSR count). The van der Waals surface area contributed by atoms with Crippen LogP contribution in [-0.4, -0.2) is 56.7 Å². The number of amides is 1. The van der Waals surface area contributed by atoms with Crippen molar-refractivity contribution >= 4 is 15.7 Å². The highest BCUT2D eigenvalue weighted by Gasteiger charge is 2.47. The maximum Gasteiger partial charge on any atom is 0.244 e. The van der Waals surface area contributed by atoms with Crippen molar-refractivity contribution in [1.29, 1.82) is 0 Å². The number of hydrogen-bond acceptors (Lipinski definition) is 6. The molecule has 0 bridgehead atoms. The van der Waals surface area contributed by atoms with Crippen LogP contribution in [0.15, 0.2) is 66.6 Å². The number of carbonyl (C=O) groups is 1. The van der Waals surface area contributed by atoms with Crippen LogP contribution in [0.5, 0.6) is 5.75 Å². The number of hydrogen-bond donors (Lipinski definition) is 0. The fraction of sp³-hybridized carbons (Fsp3) is 0.464. The molecular formula is C28H35NO6S. The van der Waals surface area contributed by atoms with Crippen LogP contribution in [-0.2, 0) is 36.9 Å². The van der Waals surface area contributed by atoms with E-state index in [1.807, 2.05) is 73.3 Å². The third-order valence-electron chi connectivity index (χ3n) is 6.64. The van der Waals surface area contributed by atoms with Crippen LogP contribution in [0.1, 0.15) is 37.8 Å². The molecule has 36 heavy (non-hydrogen) atoms. The van der Waals surface area contributed by atoms with E-state index in [0.29, 0.717) is 38.1 Å². The van der Waals surface area contributed by atoms with E-state index in [1.165, 1.54) is 6.26 Å². The fourth-order valence-corrected chi connectivity index (χ4v) is 5.52. The van der Waals surface area contributed by atoms with Crippen molar-refractivity contribution in [3.05, 3.63) is 77.7 Å². The van der Waals surface area contributed by atoms with Gasteiger partial charge in [-0.05, 0) is 49.9 Å². The molecule has 1 saturated heterocycles. The maximum absolute atomic E-state index is 13.2. The summed E-state index contributed by atoms with van der Waals surface area (Å²) in [5.41, 5.74) is 1.39. The molecule has 0 radical (unpaired) electrons. The zero-order valence-corrected chi connectivity index (χ0v) is 22.0. The van der Waals surface area contributed by atoms with Crippen LogP contribution in [0.4, 0.5) is 0 Å². The van der Waals surface area contributed by atoms with E-state index in [0.717, 1.165) is 16.9 Å². The van der Waals surface area contributed by atoms with Crippen molar-refractivity contribution in [2.24, 2.45) is 5.41 Å². The van der Waals surface area contributed by atoms with Crippen molar-refractivity contribution in [2.45, 2.75) is 51.9 Å². The number of nitrogens with zero attached hydrogens (tertiary/aromatic N) is 1. The summed E-state index contributed by atoms with van der Waals surface area (Å²) in [5, 5.41) is 0. The van der Waals surface area contributed by atoms with E-state index in [-0.39, 0.29) is 24.2 Å². The number of benzene rings is 2. The molecule has 2 aromatic rings. The molecule has 0 aliphatic carbocycles. The lowest BCUT2D eigenvalue weighted by Crippen LogP contribution is -2.35. The molecule has 2 aromatic carbocycles. The zero-order chi connectivity index (χ0) is 25.8. The van der Waals surface area contributed by atoms with E-state index in [2.05, 4.69) is 0 Å². The standard InChI is InChI=1S/C28H35NO6S/c1-21(2)34-24-11-7-10-23(16-24)17-26(30)29-14-12-28(20-29,13-15-36(3,31)32)25-19-33-27(35-25)18-22-8-5-4-6-9-22/h4-11,16,19,21,27H,12-15,17-18,20H2,1-3H3. The van der Waals surface area contributed by atoms with Gasteiger partial charge in [-0.3, -0.25) is 4.79 Å². The van der Waals surface area contributed by atoms with Crippen LogP contribution in [0.25, 0.3) is 0 Å². The molecule has 0 N–H and O–H groups in total. The van der Waals surface area contributed by atoms with Gasteiger partial charge < -0.3 is 19.1 Å². The quantitative estimate of drug-likeness (QED) is 0.475. The lowest BCUT2D eigenvalue weighted by Gasteiger charge is -2.29. The third kappa shape index (κ3) is 6.81. The highest BCUT2D eigenvalue weighted by atomic mass is 32.2. The number of ether oxygens (including phenoxy) is 3. The van der Waals surface area contributed by atoms with Gasteiger partial charge in [0.2, 0.25) is 12.2 Å². The normalized spacial score (nSPS) is 21.7. The first-order valence-corrected chi connectivity index (χ1v) is 14.5. The Kier molecular flexibility index (Phi) is 7.93. The lowest BCUT2D eigenvalue weighted by atomic mass is 9.82. The van der Waals surface area contributed by atoms with Gasteiger partial charge in [-0.15, -0.1) is 0 Å². The van der Waals surface area contributed by atoms with Crippen LogP contribution in [0.3, 0.4) is 0 Å². The number of rotatable bonds is 10. The SMILES string of the molecule is CC(C)Oc1cccc(CC(=O)N2CCC(CCS(C)(=O)=O)(C3=COC(Cc4ccccc4)O3)C2)c1. The minimum atomic E-state index is -3.18. The predicted octanol–water partition coefficient (Wildman–Crippen LogP) is 4.13. The maximum atomic E-state index is 13.2. The van der Waals surface area contributed by atoms with E-state index in [1.54, 1.807) is 6.26 Å². The summed E-state index contributed by atoms with van der Waals surface area (Å²) in [7, 11) is -3.18. The van der Waals surface area contributed by atoms with Crippen LogP contribution in [0.2, 0.25) is 0 Å². The molecule has 0 saturated carbocycles. The number of sulfone groups is 1. The van der Waals surface area contributed by atoms with Crippen LogP contribution in [0, 0.1) is 5.41 Å². The van der Waals surface area contributed by atoms with Gasteiger partial charge >= 0.3 is 0 Å².